The molecule has 6 nitrogen and oxygen atoms in total. The third-order valence-corrected chi connectivity index (χ3v) is 5.50. The van der Waals surface area contributed by atoms with Crippen LogP contribution in [0.4, 0.5) is 13.2 Å². The van der Waals surface area contributed by atoms with Gasteiger partial charge in [-0.3, -0.25) is 4.79 Å². The highest BCUT2D eigenvalue weighted by atomic mass is 32.2. The number of carbonyl (C=O) groups excluding carboxylic acids is 1. The summed E-state index contributed by atoms with van der Waals surface area (Å²) in [5, 5.41) is 8.93. The Kier molecular flexibility index (Phi) is 6.77. The van der Waals surface area contributed by atoms with Crippen LogP contribution in [0.1, 0.15) is 34.8 Å². The average molecular weight is 450 g/mol. The zero-order chi connectivity index (χ0) is 23.4. The molecule has 0 aromatic heterocycles. The molecule has 10 heteroatoms. The average Bonchev–Trinajstić information content (AvgIpc) is 2.70. The highest BCUT2D eigenvalue weighted by Crippen LogP contribution is 2.37. The summed E-state index contributed by atoms with van der Waals surface area (Å²) in [6.07, 6.45) is -4.07. The number of halogens is 3. The number of alkyl halides is 3. The minimum absolute atomic E-state index is 0.0254. The molecule has 1 atom stereocenters. The number of nitriles is 1. The number of hydrogen-bond acceptors (Lipinski definition) is 5. The summed E-state index contributed by atoms with van der Waals surface area (Å²) in [6, 6.07) is 9.52. The van der Waals surface area contributed by atoms with Crippen molar-refractivity contribution in [3.05, 3.63) is 70.6 Å². The van der Waals surface area contributed by atoms with E-state index in [4.69, 9.17) is 16.6 Å². The standard InChI is InChI=1S/C21H17F3N2O4S/c1-20(26-2,11-18(27)15-5-7-16(8-6-15)31(3,28)29)13-30-19-10-14(12-25)4-9-17(19)21(22,23)24/h4-10H,11,13H2,1,3H3. The van der Waals surface area contributed by atoms with Crippen LogP contribution in [0.15, 0.2) is 47.4 Å². The van der Waals surface area contributed by atoms with Gasteiger partial charge in [-0.2, -0.15) is 18.4 Å². The van der Waals surface area contributed by atoms with Crippen LogP contribution in [-0.4, -0.2) is 32.6 Å². The molecule has 0 aliphatic heterocycles. The normalized spacial score (nSPS) is 13.5. The quantitative estimate of drug-likeness (QED) is 0.463. The van der Waals surface area contributed by atoms with Crippen LogP contribution in [0, 0.1) is 17.9 Å². The molecule has 0 aliphatic carbocycles. The highest BCUT2D eigenvalue weighted by Gasteiger charge is 2.38. The molecule has 0 spiro atoms. The highest BCUT2D eigenvalue weighted by molar-refractivity contribution is 7.90. The minimum Gasteiger partial charge on any atom is -0.484 e. The van der Waals surface area contributed by atoms with Crippen molar-refractivity contribution in [1.82, 2.24) is 0 Å². The second-order valence-corrected chi connectivity index (χ2v) is 9.13. The SMILES string of the molecule is [C-]#[N+]C(C)(COc1cc(C#N)ccc1C(F)(F)F)CC(=O)c1ccc(S(C)(=O)=O)cc1. The number of nitrogens with zero attached hydrogens (tertiary/aromatic N) is 2. The summed E-state index contributed by atoms with van der Waals surface area (Å²) >= 11 is 0. The zero-order valence-corrected chi connectivity index (χ0v) is 17.3. The van der Waals surface area contributed by atoms with Crippen LogP contribution in [0.25, 0.3) is 4.85 Å². The molecule has 0 fully saturated rings. The summed E-state index contributed by atoms with van der Waals surface area (Å²) in [5.41, 5.74) is -2.47. The van der Waals surface area contributed by atoms with Crippen molar-refractivity contribution in [1.29, 1.82) is 5.26 Å². The number of ketones is 1. The monoisotopic (exact) mass is 450 g/mol. The van der Waals surface area contributed by atoms with Crippen molar-refractivity contribution in [2.24, 2.45) is 0 Å². The predicted molar refractivity (Wildman–Crippen MR) is 105 cm³/mol. The molecule has 0 heterocycles. The van der Waals surface area contributed by atoms with E-state index in [0.717, 1.165) is 24.5 Å². The first-order valence-corrected chi connectivity index (χ1v) is 10.6. The van der Waals surface area contributed by atoms with Crippen molar-refractivity contribution < 1.29 is 31.1 Å². The third-order valence-electron chi connectivity index (χ3n) is 4.37. The van der Waals surface area contributed by atoms with Crippen LogP contribution >= 0.6 is 0 Å². The lowest BCUT2D eigenvalue weighted by molar-refractivity contribution is -0.139. The molecule has 31 heavy (non-hydrogen) atoms. The Morgan fingerprint density at radius 3 is 2.29 bits per heavy atom. The fourth-order valence-corrected chi connectivity index (χ4v) is 3.27. The number of benzene rings is 2. The fourth-order valence-electron chi connectivity index (χ4n) is 2.64. The summed E-state index contributed by atoms with van der Waals surface area (Å²) in [4.78, 5) is 15.9. The molecule has 0 bridgehead atoms. The van der Waals surface area contributed by atoms with E-state index < -0.39 is 45.3 Å². The van der Waals surface area contributed by atoms with Gasteiger partial charge in [-0.1, -0.05) is 12.1 Å². The third kappa shape index (κ3) is 6.06. The van der Waals surface area contributed by atoms with Gasteiger partial charge < -0.3 is 9.58 Å². The lowest BCUT2D eigenvalue weighted by Crippen LogP contribution is -2.32. The van der Waals surface area contributed by atoms with E-state index in [1.54, 1.807) is 6.07 Å². The predicted octanol–water partition coefficient (Wildman–Crippen LogP) is 4.31. The molecular formula is C21H17F3N2O4S. The van der Waals surface area contributed by atoms with E-state index in [1.165, 1.54) is 31.2 Å². The summed E-state index contributed by atoms with van der Waals surface area (Å²) < 4.78 is 67.9. The maximum absolute atomic E-state index is 13.2. The Morgan fingerprint density at radius 2 is 1.81 bits per heavy atom. The molecule has 0 saturated carbocycles. The van der Waals surface area contributed by atoms with Crippen molar-refractivity contribution in [3.8, 4) is 11.8 Å². The van der Waals surface area contributed by atoms with Gasteiger partial charge in [0, 0.05) is 18.7 Å². The Balaban J connectivity index is 2.22. The van der Waals surface area contributed by atoms with Crippen molar-refractivity contribution in [3.63, 3.8) is 0 Å². The Bertz CT molecular complexity index is 1180. The van der Waals surface area contributed by atoms with E-state index in [2.05, 4.69) is 4.85 Å². The Hall–Kier alpha value is -3.37. The zero-order valence-electron chi connectivity index (χ0n) is 16.5. The molecule has 0 saturated heterocycles. The smallest absolute Gasteiger partial charge is 0.419 e. The lowest BCUT2D eigenvalue weighted by atomic mass is 9.94. The number of hydrogen-bond donors (Lipinski definition) is 0. The number of carbonyl (C=O) groups is 1. The van der Waals surface area contributed by atoms with E-state index >= 15 is 0 Å². The first-order chi connectivity index (χ1) is 14.3. The van der Waals surface area contributed by atoms with E-state index in [-0.39, 0.29) is 22.4 Å². The van der Waals surface area contributed by atoms with Crippen LogP contribution in [0.2, 0.25) is 0 Å². The van der Waals surface area contributed by atoms with Crippen LogP contribution in [0.5, 0.6) is 5.75 Å². The van der Waals surface area contributed by atoms with Crippen molar-refractivity contribution in [2.75, 3.05) is 12.9 Å². The molecule has 0 N–H and O–H groups in total. The fraction of sp³-hybridized carbons (Fsp3) is 0.286. The first-order valence-electron chi connectivity index (χ1n) is 8.75. The van der Waals surface area contributed by atoms with Gasteiger partial charge in [0.25, 0.3) is 5.54 Å². The van der Waals surface area contributed by atoms with E-state index in [1.807, 2.05) is 0 Å². The van der Waals surface area contributed by atoms with Crippen LogP contribution < -0.4 is 4.74 Å². The van der Waals surface area contributed by atoms with E-state index in [0.29, 0.717) is 0 Å². The number of Topliss-reactive ketones (excluding diaryl/α,β-unsaturated/α-hetero) is 1. The molecule has 1 unspecified atom stereocenters. The van der Waals surface area contributed by atoms with E-state index in [9.17, 15) is 26.4 Å². The molecule has 0 aliphatic rings. The summed E-state index contributed by atoms with van der Waals surface area (Å²) in [7, 11) is -3.44. The van der Waals surface area contributed by atoms with Gasteiger partial charge in [-0.15, -0.1) is 0 Å². The minimum atomic E-state index is -4.73. The van der Waals surface area contributed by atoms with Crippen LogP contribution in [-0.2, 0) is 16.0 Å². The second-order valence-electron chi connectivity index (χ2n) is 7.11. The maximum Gasteiger partial charge on any atom is 0.419 e. The summed E-state index contributed by atoms with van der Waals surface area (Å²) in [5.74, 6) is -1.10. The molecular weight excluding hydrogens is 433 g/mol. The molecule has 2 rings (SSSR count). The number of ether oxygens (including phenoxy) is 1. The van der Waals surface area contributed by atoms with Crippen LogP contribution in [0.3, 0.4) is 0 Å². The molecule has 0 radical (unpaired) electrons. The number of rotatable bonds is 7. The largest absolute Gasteiger partial charge is 0.484 e. The Morgan fingerprint density at radius 1 is 1.19 bits per heavy atom. The van der Waals surface area contributed by atoms with Gasteiger partial charge in [-0.05, 0) is 30.3 Å². The molecule has 0 amide bonds. The van der Waals surface area contributed by atoms with Gasteiger partial charge >= 0.3 is 6.18 Å². The molecule has 2 aromatic rings. The second kappa shape index (κ2) is 8.78. The topological polar surface area (TPSA) is 88.6 Å². The molecule has 2 aromatic carbocycles. The van der Waals surface area contributed by atoms with Gasteiger partial charge in [0.15, 0.2) is 22.2 Å². The van der Waals surface area contributed by atoms with Gasteiger partial charge in [0.1, 0.15) is 5.75 Å². The van der Waals surface area contributed by atoms with Crippen molar-refractivity contribution in [2.45, 2.75) is 30.0 Å². The van der Waals surface area contributed by atoms with Gasteiger partial charge in [0.2, 0.25) is 0 Å². The van der Waals surface area contributed by atoms with Gasteiger partial charge in [0.05, 0.1) is 28.5 Å². The van der Waals surface area contributed by atoms with Gasteiger partial charge in [-0.25, -0.2) is 15.0 Å². The van der Waals surface area contributed by atoms with Crippen molar-refractivity contribution >= 4 is 15.6 Å². The summed E-state index contributed by atoms with van der Waals surface area (Å²) in [6.45, 7) is 8.23. The Labute approximate surface area is 177 Å². The lowest BCUT2D eigenvalue weighted by Gasteiger charge is -2.19. The first kappa shape index (κ1) is 23.9. The number of sulfone groups is 1. The molecule has 162 valence electrons. The maximum atomic E-state index is 13.2.